The molecular weight excluding hydrogens is 377 g/mol. The van der Waals surface area contributed by atoms with Gasteiger partial charge >= 0.3 is 5.97 Å². The molecule has 1 amide bonds. The smallest absolute Gasteiger partial charge is 0.311 e. The molecule has 3 aromatic rings. The zero-order chi connectivity index (χ0) is 21.0. The maximum Gasteiger partial charge on any atom is 0.311 e. The summed E-state index contributed by atoms with van der Waals surface area (Å²) in [6.07, 6.45) is 2.89. The van der Waals surface area contributed by atoms with Crippen LogP contribution < -0.4 is 5.32 Å². The minimum Gasteiger partial charge on any atom is -0.481 e. The molecule has 8 heteroatoms. The number of halogens is 1. The van der Waals surface area contributed by atoms with Gasteiger partial charge in [-0.15, -0.1) is 0 Å². The van der Waals surface area contributed by atoms with Crippen LogP contribution in [0.4, 0.5) is 10.1 Å². The van der Waals surface area contributed by atoms with E-state index < -0.39 is 23.6 Å². The van der Waals surface area contributed by atoms with Crippen LogP contribution in [0.15, 0.2) is 60.9 Å². The third kappa shape index (κ3) is 4.73. The SMILES string of the molecule is Cn1ccnc1C(=O)c1ccc(NC(=O)CC(C(=O)O)c2ccc(F)cc2)cc1. The van der Waals surface area contributed by atoms with Crippen LogP contribution in [0.1, 0.15) is 34.1 Å². The van der Waals surface area contributed by atoms with Gasteiger partial charge in [-0.1, -0.05) is 12.1 Å². The Kier molecular flexibility index (Phi) is 5.82. The zero-order valence-electron chi connectivity index (χ0n) is 15.5. The summed E-state index contributed by atoms with van der Waals surface area (Å²) >= 11 is 0. The van der Waals surface area contributed by atoms with Gasteiger partial charge < -0.3 is 15.0 Å². The van der Waals surface area contributed by atoms with Gasteiger partial charge in [0.2, 0.25) is 11.7 Å². The number of nitrogens with zero attached hydrogens (tertiary/aromatic N) is 2. The van der Waals surface area contributed by atoms with Crippen molar-refractivity contribution in [3.8, 4) is 0 Å². The van der Waals surface area contributed by atoms with Crippen molar-refractivity contribution >= 4 is 23.3 Å². The Morgan fingerprint density at radius 3 is 2.31 bits per heavy atom. The number of imidazole rings is 1. The summed E-state index contributed by atoms with van der Waals surface area (Å²) in [4.78, 5) is 40.2. The van der Waals surface area contributed by atoms with Gasteiger partial charge in [-0.3, -0.25) is 14.4 Å². The Morgan fingerprint density at radius 1 is 1.10 bits per heavy atom. The fourth-order valence-electron chi connectivity index (χ4n) is 2.86. The van der Waals surface area contributed by atoms with Gasteiger partial charge in [0.15, 0.2) is 5.82 Å². The molecule has 1 heterocycles. The molecular formula is C21H18FN3O4. The number of benzene rings is 2. The molecule has 2 N–H and O–H groups in total. The van der Waals surface area contributed by atoms with Crippen LogP contribution in [0.3, 0.4) is 0 Å². The van der Waals surface area contributed by atoms with E-state index in [-0.39, 0.29) is 12.2 Å². The van der Waals surface area contributed by atoms with Crippen molar-refractivity contribution in [2.75, 3.05) is 5.32 Å². The number of carboxylic acid groups (broad SMARTS) is 1. The largest absolute Gasteiger partial charge is 0.481 e. The van der Waals surface area contributed by atoms with E-state index in [0.717, 1.165) is 12.1 Å². The number of anilines is 1. The minimum absolute atomic E-state index is 0.252. The van der Waals surface area contributed by atoms with Crippen LogP contribution in [0.2, 0.25) is 0 Å². The third-order valence-electron chi connectivity index (χ3n) is 4.42. The van der Waals surface area contributed by atoms with E-state index in [9.17, 15) is 23.9 Å². The maximum atomic E-state index is 13.0. The molecule has 1 atom stereocenters. The summed E-state index contributed by atoms with van der Waals surface area (Å²) in [6.45, 7) is 0. The van der Waals surface area contributed by atoms with E-state index in [1.54, 1.807) is 42.1 Å². The number of nitrogens with one attached hydrogen (secondary N) is 1. The maximum absolute atomic E-state index is 13.0. The van der Waals surface area contributed by atoms with Crippen LogP contribution in [0.5, 0.6) is 0 Å². The van der Waals surface area contributed by atoms with Crippen molar-refractivity contribution in [1.82, 2.24) is 9.55 Å². The van der Waals surface area contributed by atoms with Crippen molar-refractivity contribution < 1.29 is 23.9 Å². The van der Waals surface area contributed by atoms with Gasteiger partial charge in [-0.2, -0.15) is 0 Å². The van der Waals surface area contributed by atoms with Crippen molar-refractivity contribution in [3.63, 3.8) is 0 Å². The summed E-state index contributed by atoms with van der Waals surface area (Å²) in [5.74, 6) is -3.22. The molecule has 1 unspecified atom stereocenters. The Balaban J connectivity index is 1.67. The predicted molar refractivity (Wildman–Crippen MR) is 103 cm³/mol. The normalized spacial score (nSPS) is 11.7. The number of rotatable bonds is 7. The molecule has 148 valence electrons. The van der Waals surface area contributed by atoms with Gasteiger partial charge in [-0.05, 0) is 42.0 Å². The second-order valence-electron chi connectivity index (χ2n) is 6.46. The molecule has 0 aliphatic rings. The fraction of sp³-hybridized carbons (Fsp3) is 0.143. The van der Waals surface area contributed by atoms with Gasteiger partial charge in [0.25, 0.3) is 0 Å². The third-order valence-corrected chi connectivity index (χ3v) is 4.42. The first-order valence-electron chi connectivity index (χ1n) is 8.75. The standard InChI is InChI=1S/C21H18FN3O4/c1-25-11-10-23-20(25)19(27)14-4-8-16(9-5-14)24-18(26)12-17(21(28)29)13-2-6-15(22)7-3-13/h2-11,17H,12H2,1H3,(H,24,26)(H,28,29). The number of aryl methyl sites for hydroxylation is 1. The number of carbonyl (C=O) groups excluding carboxylic acids is 2. The second kappa shape index (κ2) is 8.47. The van der Waals surface area contributed by atoms with Crippen LogP contribution in [-0.4, -0.2) is 32.3 Å². The average Bonchev–Trinajstić information content (AvgIpc) is 3.12. The number of ketones is 1. The molecule has 0 saturated carbocycles. The zero-order valence-corrected chi connectivity index (χ0v) is 15.5. The van der Waals surface area contributed by atoms with Crippen molar-refractivity contribution in [1.29, 1.82) is 0 Å². The van der Waals surface area contributed by atoms with E-state index in [1.807, 2.05) is 0 Å². The molecule has 0 spiro atoms. The lowest BCUT2D eigenvalue weighted by molar-refractivity contribution is -0.140. The molecule has 2 aromatic carbocycles. The number of amides is 1. The number of hydrogen-bond acceptors (Lipinski definition) is 4. The molecule has 29 heavy (non-hydrogen) atoms. The summed E-state index contributed by atoms with van der Waals surface area (Å²) in [5, 5.41) is 12.0. The molecule has 0 aliphatic heterocycles. The molecule has 0 saturated heterocycles. The number of aliphatic carboxylic acids is 1. The predicted octanol–water partition coefficient (Wildman–Crippen LogP) is 2.99. The summed E-state index contributed by atoms with van der Waals surface area (Å²) in [7, 11) is 1.72. The number of carboxylic acids is 1. The first-order valence-corrected chi connectivity index (χ1v) is 8.75. The van der Waals surface area contributed by atoms with Crippen molar-refractivity contribution in [2.45, 2.75) is 12.3 Å². The van der Waals surface area contributed by atoms with Gasteiger partial charge in [0.1, 0.15) is 5.82 Å². The Morgan fingerprint density at radius 2 is 1.76 bits per heavy atom. The Bertz CT molecular complexity index is 1040. The quantitative estimate of drug-likeness (QED) is 0.599. The first kappa shape index (κ1) is 19.9. The minimum atomic E-state index is -1.18. The lowest BCUT2D eigenvalue weighted by Crippen LogP contribution is -2.21. The van der Waals surface area contributed by atoms with Crippen LogP contribution >= 0.6 is 0 Å². The molecule has 7 nitrogen and oxygen atoms in total. The van der Waals surface area contributed by atoms with Crippen LogP contribution in [-0.2, 0) is 16.6 Å². The Labute approximate surface area is 165 Å². The van der Waals surface area contributed by atoms with E-state index in [4.69, 9.17) is 0 Å². The highest BCUT2D eigenvalue weighted by molar-refractivity contribution is 6.07. The summed E-state index contributed by atoms with van der Waals surface area (Å²) in [6, 6.07) is 11.2. The highest BCUT2D eigenvalue weighted by Gasteiger charge is 2.23. The highest BCUT2D eigenvalue weighted by Crippen LogP contribution is 2.22. The first-order chi connectivity index (χ1) is 13.8. The monoisotopic (exact) mass is 395 g/mol. The number of carbonyl (C=O) groups is 3. The Hall–Kier alpha value is -3.81. The van der Waals surface area contributed by atoms with Crippen LogP contribution in [0.25, 0.3) is 0 Å². The van der Waals surface area contributed by atoms with Gasteiger partial charge in [0, 0.05) is 37.1 Å². The van der Waals surface area contributed by atoms with E-state index in [2.05, 4.69) is 10.3 Å². The highest BCUT2D eigenvalue weighted by atomic mass is 19.1. The summed E-state index contributed by atoms with van der Waals surface area (Å²) < 4.78 is 14.7. The van der Waals surface area contributed by atoms with Crippen molar-refractivity contribution in [2.24, 2.45) is 7.05 Å². The second-order valence-corrected chi connectivity index (χ2v) is 6.46. The lowest BCUT2D eigenvalue weighted by Gasteiger charge is -2.13. The number of hydrogen-bond donors (Lipinski definition) is 2. The molecule has 1 aromatic heterocycles. The van der Waals surface area contributed by atoms with E-state index in [0.29, 0.717) is 22.6 Å². The van der Waals surface area contributed by atoms with Gasteiger partial charge in [-0.25, -0.2) is 9.37 Å². The fourth-order valence-corrected chi connectivity index (χ4v) is 2.86. The summed E-state index contributed by atoms with van der Waals surface area (Å²) in [5.41, 5.74) is 1.17. The van der Waals surface area contributed by atoms with Crippen molar-refractivity contribution in [3.05, 3.63) is 83.7 Å². The molecule has 0 bridgehead atoms. The van der Waals surface area contributed by atoms with Crippen LogP contribution in [0, 0.1) is 5.82 Å². The van der Waals surface area contributed by atoms with Gasteiger partial charge in [0.05, 0.1) is 5.92 Å². The average molecular weight is 395 g/mol. The number of aromatic nitrogens is 2. The van der Waals surface area contributed by atoms with E-state index >= 15 is 0 Å². The topological polar surface area (TPSA) is 101 Å². The molecule has 3 rings (SSSR count). The molecule has 0 aliphatic carbocycles. The lowest BCUT2D eigenvalue weighted by atomic mass is 9.95. The molecule has 0 radical (unpaired) electrons. The van der Waals surface area contributed by atoms with E-state index in [1.165, 1.54) is 18.3 Å². The molecule has 0 fully saturated rings.